The number of carbonyl (C=O) groups excluding carboxylic acids is 1. The number of hydrogen-bond acceptors (Lipinski definition) is 6. The molecule has 0 aromatic heterocycles. The number of hydrogen-bond donors (Lipinski definition) is 1. The maximum atomic E-state index is 12.5. The third-order valence-corrected chi connectivity index (χ3v) is 8.60. The van der Waals surface area contributed by atoms with E-state index in [9.17, 15) is 17.8 Å². The van der Waals surface area contributed by atoms with Crippen molar-refractivity contribution in [2.45, 2.75) is 90.5 Å². The van der Waals surface area contributed by atoms with Gasteiger partial charge in [-0.25, -0.2) is 0 Å². The Labute approximate surface area is 159 Å². The van der Waals surface area contributed by atoms with Crippen LogP contribution in [0, 0.1) is 0 Å². The molecule has 0 aliphatic rings. The predicted molar refractivity (Wildman–Crippen MR) is 104 cm³/mol. The van der Waals surface area contributed by atoms with Crippen molar-refractivity contribution in [2.75, 3.05) is 13.2 Å². The van der Waals surface area contributed by atoms with E-state index in [0.29, 0.717) is 25.7 Å². The van der Waals surface area contributed by atoms with E-state index in [-0.39, 0.29) is 18.6 Å². The fourth-order valence-corrected chi connectivity index (χ4v) is 6.39. The molecule has 0 saturated heterocycles. The van der Waals surface area contributed by atoms with Gasteiger partial charge in [0.15, 0.2) is 5.78 Å². The molecule has 0 bridgehead atoms. The van der Waals surface area contributed by atoms with Crippen LogP contribution in [0.4, 0.5) is 0 Å². The van der Waals surface area contributed by atoms with E-state index < -0.39 is 30.3 Å². The fourth-order valence-electron chi connectivity index (χ4n) is 2.76. The minimum Gasteiger partial charge on any atom is -0.374 e. The summed E-state index contributed by atoms with van der Waals surface area (Å²) in [6, 6.07) is 0.588. The van der Waals surface area contributed by atoms with Crippen LogP contribution < -0.4 is 0 Å². The van der Waals surface area contributed by atoms with Crippen molar-refractivity contribution in [3.63, 3.8) is 0 Å². The second-order valence-corrected chi connectivity index (χ2v) is 10.7. The molecule has 9 heteroatoms. The molecule has 0 aromatic rings. The lowest BCUT2D eigenvalue weighted by Crippen LogP contribution is -2.49. The monoisotopic (exact) mass is 412 g/mol. The number of carbonyl (C=O) groups is 1. The third-order valence-electron chi connectivity index (χ3n) is 4.07. The van der Waals surface area contributed by atoms with Crippen molar-refractivity contribution in [2.24, 2.45) is 0 Å². The maximum Gasteiger partial charge on any atom is 0.501 e. The van der Waals surface area contributed by atoms with Gasteiger partial charge >= 0.3 is 8.80 Å². The van der Waals surface area contributed by atoms with Crippen molar-refractivity contribution < 1.29 is 31.0 Å². The molecular formula is C17H36O7SSi. The van der Waals surface area contributed by atoms with Gasteiger partial charge in [-0.1, -0.05) is 39.5 Å². The van der Waals surface area contributed by atoms with Crippen LogP contribution in [0.2, 0.25) is 6.04 Å². The Balaban J connectivity index is 5.07. The first-order chi connectivity index (χ1) is 12.2. The lowest BCUT2D eigenvalue weighted by atomic mass is 10.1. The quantitative estimate of drug-likeness (QED) is 0.235. The van der Waals surface area contributed by atoms with Gasteiger partial charge in [0.05, 0.1) is 5.25 Å². The van der Waals surface area contributed by atoms with Gasteiger partial charge < -0.3 is 13.3 Å². The molecule has 2 unspecified atom stereocenters. The zero-order chi connectivity index (χ0) is 20.2. The molecule has 0 saturated carbocycles. The first-order valence-corrected chi connectivity index (χ1v) is 13.0. The van der Waals surface area contributed by atoms with Crippen LogP contribution in [0.25, 0.3) is 0 Å². The Morgan fingerprint density at radius 3 is 2.04 bits per heavy atom. The molecule has 1 N–H and O–H groups in total. The van der Waals surface area contributed by atoms with Crippen LogP contribution in [0.15, 0.2) is 0 Å². The maximum absolute atomic E-state index is 12.5. The Morgan fingerprint density at radius 2 is 1.62 bits per heavy atom. The Hall–Kier alpha value is -0.323. The molecule has 156 valence electrons. The second kappa shape index (κ2) is 13.0. The van der Waals surface area contributed by atoms with Gasteiger partial charge in [-0.15, -0.1) is 0 Å². The predicted octanol–water partition coefficient (Wildman–Crippen LogP) is 3.61. The smallest absolute Gasteiger partial charge is 0.374 e. The highest BCUT2D eigenvalue weighted by molar-refractivity contribution is 7.86. The summed E-state index contributed by atoms with van der Waals surface area (Å²) in [5, 5.41) is -1.09. The van der Waals surface area contributed by atoms with Crippen LogP contribution in [0.1, 0.15) is 73.1 Å². The van der Waals surface area contributed by atoms with Gasteiger partial charge in [0.1, 0.15) is 6.10 Å². The summed E-state index contributed by atoms with van der Waals surface area (Å²) >= 11 is 0. The molecule has 0 amide bonds. The first-order valence-electron chi connectivity index (χ1n) is 9.60. The van der Waals surface area contributed by atoms with Crippen molar-refractivity contribution in [3.8, 4) is 0 Å². The van der Waals surface area contributed by atoms with E-state index >= 15 is 0 Å². The van der Waals surface area contributed by atoms with E-state index in [0.717, 1.165) is 19.3 Å². The highest BCUT2D eigenvalue weighted by Gasteiger charge is 2.43. The fraction of sp³-hybridized carbons (Fsp3) is 0.941. The molecular weight excluding hydrogens is 376 g/mol. The first kappa shape index (κ1) is 25.7. The number of rotatable bonds is 16. The number of ketones is 1. The van der Waals surface area contributed by atoms with E-state index in [2.05, 4.69) is 0 Å². The highest BCUT2D eigenvalue weighted by atomic mass is 32.2. The van der Waals surface area contributed by atoms with Crippen molar-refractivity contribution in [3.05, 3.63) is 0 Å². The molecule has 0 heterocycles. The Bertz CT molecular complexity index is 478. The summed E-state index contributed by atoms with van der Waals surface area (Å²) < 4.78 is 50.1. The zero-order valence-electron chi connectivity index (χ0n) is 16.8. The minimum atomic E-state index is -4.28. The summed E-state index contributed by atoms with van der Waals surface area (Å²) in [6.07, 6.45) is 2.38. The van der Waals surface area contributed by atoms with Gasteiger partial charge in [-0.3, -0.25) is 9.35 Å². The molecule has 0 aromatic carbocycles. The molecule has 0 aliphatic carbocycles. The average Bonchev–Trinajstić information content (AvgIpc) is 2.53. The van der Waals surface area contributed by atoms with Gasteiger partial charge in [0.2, 0.25) is 0 Å². The molecule has 0 rings (SSSR count). The number of unbranched alkanes of at least 4 members (excludes halogenated alkanes) is 2. The van der Waals surface area contributed by atoms with Gasteiger partial charge in [-0.2, -0.15) is 8.42 Å². The van der Waals surface area contributed by atoms with Gasteiger partial charge in [0.25, 0.3) is 10.1 Å². The van der Waals surface area contributed by atoms with Crippen molar-refractivity contribution in [1.29, 1.82) is 0 Å². The summed E-state index contributed by atoms with van der Waals surface area (Å²) in [7, 11) is -7.26. The summed E-state index contributed by atoms with van der Waals surface area (Å²) in [5.41, 5.74) is 0. The SMILES string of the molecule is CCCCCC(CC(=O)C(C)O[Si](CCC)(OCC)OCC)S(=O)(=O)O. The summed E-state index contributed by atoms with van der Waals surface area (Å²) in [5.74, 6) is -0.364. The molecule has 0 aliphatic heterocycles. The largest absolute Gasteiger partial charge is 0.501 e. The van der Waals surface area contributed by atoms with E-state index in [1.165, 1.54) is 0 Å². The molecule has 0 radical (unpaired) electrons. The lowest BCUT2D eigenvalue weighted by molar-refractivity contribution is -0.127. The van der Waals surface area contributed by atoms with Gasteiger partial charge in [-0.05, 0) is 27.2 Å². The zero-order valence-corrected chi connectivity index (χ0v) is 18.6. The van der Waals surface area contributed by atoms with Crippen molar-refractivity contribution >= 4 is 24.7 Å². The van der Waals surface area contributed by atoms with E-state index in [1.54, 1.807) is 6.92 Å². The molecule has 0 fully saturated rings. The lowest BCUT2D eigenvalue weighted by Gasteiger charge is -2.31. The topological polar surface area (TPSA) is 99.1 Å². The standard InChI is InChI=1S/C17H36O7SSi/c1-6-10-11-12-16(25(19,20)21)14-17(18)15(5)24-26(13-7-2,22-8-3)23-9-4/h15-16H,6-14H2,1-5H3,(H,19,20,21). The minimum absolute atomic E-state index is 0.263. The Kier molecular flexibility index (Phi) is 12.8. The third kappa shape index (κ3) is 9.57. The molecule has 26 heavy (non-hydrogen) atoms. The molecule has 2 atom stereocenters. The van der Waals surface area contributed by atoms with Crippen LogP contribution in [-0.4, -0.2) is 52.1 Å². The van der Waals surface area contributed by atoms with E-state index in [4.69, 9.17) is 13.3 Å². The Morgan fingerprint density at radius 1 is 1.04 bits per heavy atom. The van der Waals surface area contributed by atoms with Crippen molar-refractivity contribution in [1.82, 2.24) is 0 Å². The molecule has 0 spiro atoms. The normalized spacial score (nSPS) is 15.0. The summed E-state index contributed by atoms with van der Waals surface area (Å²) in [6.45, 7) is 10.1. The average molecular weight is 413 g/mol. The van der Waals surface area contributed by atoms with Crippen LogP contribution in [0.3, 0.4) is 0 Å². The molecule has 7 nitrogen and oxygen atoms in total. The van der Waals surface area contributed by atoms with Crippen LogP contribution in [-0.2, 0) is 28.2 Å². The highest BCUT2D eigenvalue weighted by Crippen LogP contribution is 2.22. The van der Waals surface area contributed by atoms with Gasteiger partial charge in [0, 0.05) is 25.7 Å². The van der Waals surface area contributed by atoms with E-state index in [1.807, 2.05) is 27.7 Å². The second-order valence-electron chi connectivity index (χ2n) is 6.36. The number of Topliss-reactive ketones (excluding diaryl/α,β-unsaturated/α-hetero) is 1. The van der Waals surface area contributed by atoms with Crippen LogP contribution in [0.5, 0.6) is 0 Å². The summed E-state index contributed by atoms with van der Waals surface area (Å²) in [4.78, 5) is 12.5. The van der Waals surface area contributed by atoms with Crippen LogP contribution >= 0.6 is 0 Å².